The molecule has 166 valence electrons. The Morgan fingerprint density at radius 2 is 1.90 bits per heavy atom. The van der Waals surface area contributed by atoms with Gasteiger partial charge in [0, 0.05) is 43.4 Å². The van der Waals surface area contributed by atoms with Crippen LogP contribution in [0.15, 0.2) is 42.5 Å². The summed E-state index contributed by atoms with van der Waals surface area (Å²) in [6, 6.07) is 11.5. The van der Waals surface area contributed by atoms with Crippen LogP contribution in [0.5, 0.6) is 0 Å². The lowest BCUT2D eigenvalue weighted by molar-refractivity contribution is -0.137. The lowest BCUT2D eigenvalue weighted by Gasteiger charge is -2.49. The molecule has 2 aliphatic heterocycles. The molecule has 2 aromatic carbocycles. The highest BCUT2D eigenvalue weighted by Gasteiger charge is 2.42. The van der Waals surface area contributed by atoms with Crippen LogP contribution in [0.2, 0.25) is 5.02 Å². The van der Waals surface area contributed by atoms with Gasteiger partial charge in [0.25, 0.3) is 0 Å². The molecule has 4 nitrogen and oxygen atoms in total. The predicted molar refractivity (Wildman–Crippen MR) is 115 cm³/mol. The number of hydrogen-bond acceptors (Lipinski definition) is 3. The maximum Gasteiger partial charge on any atom is 0.416 e. The van der Waals surface area contributed by atoms with Crippen LogP contribution in [0.3, 0.4) is 0 Å². The molecule has 2 atom stereocenters. The van der Waals surface area contributed by atoms with E-state index in [9.17, 15) is 18.0 Å². The number of fused-ring (bicyclic) bond motifs is 3. The first-order valence-electron chi connectivity index (χ1n) is 10.5. The Morgan fingerprint density at radius 1 is 1.16 bits per heavy atom. The van der Waals surface area contributed by atoms with E-state index in [0.717, 1.165) is 30.4 Å². The van der Waals surface area contributed by atoms with Crippen molar-refractivity contribution in [3.63, 3.8) is 0 Å². The van der Waals surface area contributed by atoms with E-state index in [4.69, 9.17) is 11.6 Å². The van der Waals surface area contributed by atoms with Crippen LogP contribution in [0.25, 0.3) is 0 Å². The molecule has 31 heavy (non-hydrogen) atoms. The minimum atomic E-state index is -4.40. The smallest absolute Gasteiger partial charge is 0.365 e. The predicted octanol–water partition coefficient (Wildman–Crippen LogP) is 4.36. The number of rotatable bonds is 4. The molecule has 1 amide bonds. The number of amides is 1. The fourth-order valence-corrected chi connectivity index (χ4v) is 4.78. The van der Waals surface area contributed by atoms with E-state index in [1.165, 1.54) is 6.07 Å². The molecule has 0 aliphatic carbocycles. The highest BCUT2D eigenvalue weighted by atomic mass is 35.5. The van der Waals surface area contributed by atoms with Gasteiger partial charge in [-0.2, -0.15) is 13.2 Å². The summed E-state index contributed by atoms with van der Waals surface area (Å²) < 4.78 is 39.7. The van der Waals surface area contributed by atoms with Crippen molar-refractivity contribution >= 4 is 23.2 Å². The van der Waals surface area contributed by atoms with Gasteiger partial charge in [0.1, 0.15) is 0 Å². The first-order chi connectivity index (χ1) is 14.8. The fraction of sp³-hybridized carbons (Fsp3) is 0.435. The number of nitrogens with one attached hydrogen (secondary N) is 1. The van der Waals surface area contributed by atoms with E-state index in [1.54, 1.807) is 6.07 Å². The van der Waals surface area contributed by atoms with Crippen LogP contribution < -0.4 is 10.2 Å². The monoisotopic (exact) mass is 451 g/mol. The molecule has 2 aliphatic rings. The molecule has 1 saturated heterocycles. The van der Waals surface area contributed by atoms with Gasteiger partial charge in [0.15, 0.2) is 0 Å². The maximum absolute atomic E-state index is 13.2. The molecule has 1 N–H and O–H groups in total. The van der Waals surface area contributed by atoms with E-state index in [2.05, 4.69) is 15.1 Å². The highest BCUT2D eigenvalue weighted by molar-refractivity contribution is 6.30. The van der Waals surface area contributed by atoms with Crippen molar-refractivity contribution in [1.29, 1.82) is 0 Å². The first kappa shape index (κ1) is 22.0. The van der Waals surface area contributed by atoms with Gasteiger partial charge < -0.3 is 10.2 Å². The maximum atomic E-state index is 13.2. The third-order valence-corrected chi connectivity index (χ3v) is 6.38. The zero-order valence-corrected chi connectivity index (χ0v) is 18.0. The Morgan fingerprint density at radius 3 is 2.58 bits per heavy atom. The molecule has 4 rings (SSSR count). The molecule has 1 fully saturated rings. The number of piperazine rings is 1. The second-order valence-corrected chi connectivity index (χ2v) is 8.61. The zero-order valence-electron chi connectivity index (χ0n) is 17.3. The molecule has 0 spiro atoms. The lowest BCUT2D eigenvalue weighted by Crippen LogP contribution is -2.60. The molecule has 0 bridgehead atoms. The largest absolute Gasteiger partial charge is 0.416 e. The lowest BCUT2D eigenvalue weighted by atomic mass is 9.82. The van der Waals surface area contributed by atoms with Crippen molar-refractivity contribution in [2.24, 2.45) is 5.92 Å². The van der Waals surface area contributed by atoms with Gasteiger partial charge in [0.2, 0.25) is 5.91 Å². The van der Waals surface area contributed by atoms with Crippen LogP contribution in [0.1, 0.15) is 23.6 Å². The van der Waals surface area contributed by atoms with Crippen LogP contribution in [0, 0.1) is 5.92 Å². The summed E-state index contributed by atoms with van der Waals surface area (Å²) in [6.07, 6.45) is -4.09. The van der Waals surface area contributed by atoms with Gasteiger partial charge in [0.05, 0.1) is 17.5 Å². The second kappa shape index (κ2) is 8.71. The topological polar surface area (TPSA) is 35.6 Å². The Kier molecular flexibility index (Phi) is 6.17. The van der Waals surface area contributed by atoms with Gasteiger partial charge in [-0.25, -0.2) is 0 Å². The third kappa shape index (κ3) is 4.67. The highest BCUT2D eigenvalue weighted by Crippen LogP contribution is 2.39. The summed E-state index contributed by atoms with van der Waals surface area (Å²) in [6.45, 7) is 5.18. The van der Waals surface area contributed by atoms with Crippen LogP contribution in [0.4, 0.5) is 18.9 Å². The molecule has 0 aromatic heterocycles. The van der Waals surface area contributed by atoms with Crippen LogP contribution in [-0.4, -0.2) is 43.0 Å². The SMILES string of the molecule is CCNC(=O)[C@@H]1Cc2cc(C(F)(F)F)ccc2N2CCN(Cc3ccc(Cl)cc3)C[C@H]12. The number of carbonyl (C=O) groups excluding carboxylic acids is 1. The molecule has 0 unspecified atom stereocenters. The quantitative estimate of drug-likeness (QED) is 0.750. The van der Waals surface area contributed by atoms with Crippen LogP contribution >= 0.6 is 11.6 Å². The Labute approximate surface area is 185 Å². The van der Waals surface area contributed by atoms with Crippen molar-refractivity contribution in [3.05, 3.63) is 64.2 Å². The molecular weight excluding hydrogens is 427 g/mol. The van der Waals surface area contributed by atoms with Gasteiger partial charge >= 0.3 is 6.18 Å². The fourth-order valence-electron chi connectivity index (χ4n) is 4.66. The number of alkyl halides is 3. The number of carbonyl (C=O) groups is 1. The molecule has 8 heteroatoms. The first-order valence-corrected chi connectivity index (χ1v) is 10.9. The van der Waals surface area contributed by atoms with Gasteiger partial charge in [-0.3, -0.25) is 9.69 Å². The molecular formula is C23H25ClF3N3O. The van der Waals surface area contributed by atoms with Crippen molar-refractivity contribution < 1.29 is 18.0 Å². The average Bonchev–Trinajstić information content (AvgIpc) is 2.73. The van der Waals surface area contributed by atoms with E-state index in [1.807, 2.05) is 31.2 Å². The van der Waals surface area contributed by atoms with E-state index < -0.39 is 17.7 Å². The normalized spacial score (nSPS) is 21.4. The summed E-state index contributed by atoms with van der Waals surface area (Å²) in [4.78, 5) is 17.3. The average molecular weight is 452 g/mol. The molecule has 0 saturated carbocycles. The number of hydrogen-bond donors (Lipinski definition) is 1. The Balaban J connectivity index is 1.61. The number of halogens is 4. The summed E-state index contributed by atoms with van der Waals surface area (Å²) >= 11 is 5.98. The number of nitrogens with zero attached hydrogens (tertiary/aromatic N) is 2. The minimum Gasteiger partial charge on any atom is -0.365 e. The Bertz CT molecular complexity index is 948. The summed E-state index contributed by atoms with van der Waals surface area (Å²) in [5.41, 5.74) is 1.87. The number of benzene rings is 2. The van der Waals surface area contributed by atoms with E-state index >= 15 is 0 Å². The van der Waals surface area contributed by atoms with Gasteiger partial charge in [-0.1, -0.05) is 23.7 Å². The summed E-state index contributed by atoms with van der Waals surface area (Å²) in [7, 11) is 0. The third-order valence-electron chi connectivity index (χ3n) is 6.13. The Hall–Kier alpha value is -2.25. The van der Waals surface area contributed by atoms with E-state index in [0.29, 0.717) is 36.6 Å². The van der Waals surface area contributed by atoms with Gasteiger partial charge in [-0.15, -0.1) is 0 Å². The van der Waals surface area contributed by atoms with Gasteiger partial charge in [-0.05, 0) is 54.8 Å². The molecule has 2 heterocycles. The van der Waals surface area contributed by atoms with Crippen LogP contribution in [-0.2, 0) is 23.9 Å². The zero-order chi connectivity index (χ0) is 22.2. The van der Waals surface area contributed by atoms with Crippen molar-refractivity contribution in [3.8, 4) is 0 Å². The van der Waals surface area contributed by atoms with Crippen molar-refractivity contribution in [1.82, 2.24) is 10.2 Å². The summed E-state index contributed by atoms with van der Waals surface area (Å²) in [5, 5.41) is 3.56. The minimum absolute atomic E-state index is 0.0863. The van der Waals surface area contributed by atoms with E-state index in [-0.39, 0.29) is 11.9 Å². The molecule has 2 aromatic rings. The number of anilines is 1. The standard InChI is InChI=1S/C23H25ClF3N3O/c1-2-28-22(31)19-12-16-11-17(23(25,26)27)5-8-20(16)30-10-9-29(14-21(19)30)13-15-3-6-18(24)7-4-15/h3-8,11,19,21H,2,9-10,12-14H2,1H3,(H,28,31)/t19-,21-/m1/s1. The van der Waals surface area contributed by atoms with Crippen molar-refractivity contribution in [2.75, 3.05) is 31.1 Å². The summed E-state index contributed by atoms with van der Waals surface area (Å²) in [5.74, 6) is -0.502. The van der Waals surface area contributed by atoms with Crippen molar-refractivity contribution in [2.45, 2.75) is 32.1 Å². The molecule has 0 radical (unpaired) electrons. The second-order valence-electron chi connectivity index (χ2n) is 8.17.